The number of aryl methyl sites for hydroxylation is 1. The summed E-state index contributed by atoms with van der Waals surface area (Å²) in [6.07, 6.45) is 16.8. The number of ketones is 2. The van der Waals surface area contributed by atoms with Gasteiger partial charge < -0.3 is 20.1 Å². The van der Waals surface area contributed by atoms with Gasteiger partial charge in [0.25, 0.3) is 0 Å². The maximum Gasteiger partial charge on any atom is 0.249 e. The Hall–Kier alpha value is -3.87. The van der Waals surface area contributed by atoms with Crippen molar-refractivity contribution in [3.63, 3.8) is 0 Å². The molecule has 1 heterocycles. The van der Waals surface area contributed by atoms with Crippen molar-refractivity contribution in [2.45, 2.75) is 113 Å². The zero-order chi connectivity index (χ0) is 37.6. The first-order valence-electron chi connectivity index (χ1n) is 19.4. The second-order valence-corrected chi connectivity index (χ2v) is 18.3. The van der Waals surface area contributed by atoms with Crippen molar-refractivity contribution in [1.82, 2.24) is 5.32 Å². The fourth-order valence-corrected chi connectivity index (χ4v) is 11.7. The van der Waals surface area contributed by atoms with Crippen LogP contribution >= 0.6 is 0 Å². The number of Topliss-reactive ketones (excluding diaryl/α,β-unsaturated/α-hetero) is 1. The Morgan fingerprint density at radius 2 is 1.73 bits per heavy atom. The molecule has 1 aliphatic heterocycles. The van der Waals surface area contributed by atoms with Gasteiger partial charge in [-0.25, -0.2) is 0 Å². The van der Waals surface area contributed by atoms with Gasteiger partial charge in [-0.05, 0) is 128 Å². The summed E-state index contributed by atoms with van der Waals surface area (Å²) in [7, 11) is 3.64. The van der Waals surface area contributed by atoms with E-state index in [1.165, 1.54) is 5.57 Å². The predicted molar refractivity (Wildman–Crippen MR) is 206 cm³/mol. The highest BCUT2D eigenvalue weighted by atomic mass is 16.5. The maximum atomic E-state index is 14.2. The summed E-state index contributed by atoms with van der Waals surface area (Å²) in [5.41, 5.74) is 7.51. The van der Waals surface area contributed by atoms with E-state index in [9.17, 15) is 19.5 Å². The van der Waals surface area contributed by atoms with Crippen LogP contribution in [0, 0.1) is 39.9 Å². The normalized spacial score (nSPS) is 35.1. The van der Waals surface area contributed by atoms with Crippen molar-refractivity contribution in [1.29, 1.82) is 0 Å². The molecule has 7 nitrogen and oxygen atoms in total. The molecule has 278 valence electrons. The average molecular weight is 707 g/mol. The SMILES string of the molecule is COc1cc2c(cc1C)N(C)C=C(C(=O)NCCCC(=O)[C@]1(C)CC[C@]3(C)CC[C@]4(C)C5=CC=C6C(=CC(=O)C(O)=C6C)[C@]5(C)CC[C@@]4(C)[C@@H]3C1)C2. The van der Waals surface area contributed by atoms with Gasteiger partial charge in [0.1, 0.15) is 11.5 Å². The number of aliphatic hydroxyl groups is 1. The first-order chi connectivity index (χ1) is 24.4. The van der Waals surface area contributed by atoms with E-state index in [1.807, 2.05) is 38.1 Å². The molecular formula is C45H58N2O5. The first-order valence-corrected chi connectivity index (χ1v) is 19.4. The Kier molecular flexibility index (Phi) is 8.66. The first kappa shape index (κ1) is 36.5. The van der Waals surface area contributed by atoms with Crippen LogP contribution in [0.2, 0.25) is 0 Å². The standard InChI is InChI=1S/C45H58N2O5/c1-27-21-33-29(23-35(27)52-9)22-30(26-47(33)8)40(51)46-20-10-11-38(49)42(4)15-14-41(3)16-18-44(6)36-13-12-31-28(2)39(50)34(48)24-32(31)43(36,5)17-19-45(44,7)37(41)25-42/h12-13,21,23-24,26,37,50H,10-11,14-20,22,25H2,1-9H3,(H,46,51)/t37-,41-,42-,43+,44-,45+/m1/s1. The number of anilines is 1. The van der Waals surface area contributed by atoms with Gasteiger partial charge in [0.15, 0.2) is 5.76 Å². The zero-order valence-electron chi connectivity index (χ0n) is 32.8. The predicted octanol–water partition coefficient (Wildman–Crippen LogP) is 8.97. The molecule has 7 rings (SSSR count). The lowest BCUT2D eigenvalue weighted by Crippen LogP contribution is -2.62. The fraction of sp³-hybridized carbons (Fsp3) is 0.578. The van der Waals surface area contributed by atoms with E-state index >= 15 is 0 Å². The highest BCUT2D eigenvalue weighted by Gasteiger charge is 2.67. The summed E-state index contributed by atoms with van der Waals surface area (Å²) in [4.78, 5) is 42.3. The zero-order valence-corrected chi connectivity index (χ0v) is 32.8. The lowest BCUT2D eigenvalue weighted by Gasteiger charge is -2.70. The minimum Gasteiger partial charge on any atom is -0.504 e. The maximum absolute atomic E-state index is 14.2. The van der Waals surface area contributed by atoms with Crippen molar-refractivity contribution < 1.29 is 24.2 Å². The molecule has 7 heteroatoms. The van der Waals surface area contributed by atoms with Gasteiger partial charge in [0.2, 0.25) is 11.7 Å². The number of benzene rings is 1. The van der Waals surface area contributed by atoms with Crippen LogP contribution in [-0.4, -0.2) is 43.3 Å². The second-order valence-electron chi connectivity index (χ2n) is 18.3. The summed E-state index contributed by atoms with van der Waals surface area (Å²) in [5.74, 6) is 1.03. The molecule has 52 heavy (non-hydrogen) atoms. The van der Waals surface area contributed by atoms with Gasteiger partial charge in [-0.2, -0.15) is 0 Å². The third-order valence-corrected chi connectivity index (χ3v) is 15.4. The van der Waals surface area contributed by atoms with Crippen LogP contribution in [0.1, 0.15) is 110 Å². The summed E-state index contributed by atoms with van der Waals surface area (Å²) >= 11 is 0. The van der Waals surface area contributed by atoms with Gasteiger partial charge in [0.05, 0.1) is 7.11 Å². The largest absolute Gasteiger partial charge is 0.504 e. The molecular weight excluding hydrogens is 649 g/mol. The van der Waals surface area contributed by atoms with Crippen molar-refractivity contribution >= 4 is 23.2 Å². The Labute approximate surface area is 310 Å². The van der Waals surface area contributed by atoms with Crippen molar-refractivity contribution in [2.24, 2.45) is 33.0 Å². The van der Waals surface area contributed by atoms with Crippen LogP contribution in [0.4, 0.5) is 5.69 Å². The van der Waals surface area contributed by atoms with E-state index in [4.69, 9.17) is 4.74 Å². The Bertz CT molecular complexity index is 1930. The number of ether oxygens (including phenoxy) is 1. The third-order valence-electron chi connectivity index (χ3n) is 15.4. The molecule has 0 unspecified atom stereocenters. The van der Waals surface area contributed by atoms with E-state index in [1.54, 1.807) is 13.2 Å². The topological polar surface area (TPSA) is 95.9 Å². The van der Waals surface area contributed by atoms with Gasteiger partial charge in [-0.1, -0.05) is 52.3 Å². The lowest BCUT2D eigenvalue weighted by molar-refractivity contribution is -0.168. The molecule has 2 N–H and O–H groups in total. The van der Waals surface area contributed by atoms with Gasteiger partial charge in [-0.15, -0.1) is 0 Å². The number of aliphatic hydroxyl groups excluding tert-OH is 1. The molecule has 0 radical (unpaired) electrons. The highest BCUT2D eigenvalue weighted by molar-refractivity contribution is 6.06. The van der Waals surface area contributed by atoms with Gasteiger partial charge in [-0.3, -0.25) is 14.4 Å². The van der Waals surface area contributed by atoms with Crippen LogP contribution < -0.4 is 15.0 Å². The van der Waals surface area contributed by atoms with E-state index < -0.39 is 5.41 Å². The monoisotopic (exact) mass is 706 g/mol. The van der Waals surface area contributed by atoms with Crippen LogP contribution in [-0.2, 0) is 20.8 Å². The number of nitrogens with zero attached hydrogens (tertiary/aromatic N) is 1. The van der Waals surface area contributed by atoms with Crippen molar-refractivity contribution in [3.8, 4) is 5.75 Å². The molecule has 6 aliphatic rings. The van der Waals surface area contributed by atoms with Crippen LogP contribution in [0.5, 0.6) is 5.75 Å². The molecule has 0 bridgehead atoms. The number of hydrogen-bond acceptors (Lipinski definition) is 6. The fourth-order valence-electron chi connectivity index (χ4n) is 11.7. The Morgan fingerprint density at radius 3 is 2.46 bits per heavy atom. The summed E-state index contributed by atoms with van der Waals surface area (Å²) < 4.78 is 5.53. The number of methoxy groups -OCH3 is 1. The van der Waals surface area contributed by atoms with Crippen LogP contribution in [0.3, 0.4) is 0 Å². The molecule has 3 saturated carbocycles. The van der Waals surface area contributed by atoms with Gasteiger partial charge >= 0.3 is 0 Å². The highest BCUT2D eigenvalue weighted by Crippen LogP contribution is 2.75. The van der Waals surface area contributed by atoms with Crippen LogP contribution in [0.15, 0.2) is 70.2 Å². The number of fused-ring (bicyclic) bond motifs is 8. The summed E-state index contributed by atoms with van der Waals surface area (Å²) in [5, 5.41) is 13.6. The number of rotatable bonds is 7. The smallest absolute Gasteiger partial charge is 0.249 e. The van der Waals surface area contributed by atoms with Crippen molar-refractivity contribution in [3.05, 3.63) is 81.3 Å². The number of carbonyl (C=O) groups is 3. The molecule has 3 fully saturated rings. The molecule has 1 amide bonds. The molecule has 1 aromatic carbocycles. The molecule has 0 spiro atoms. The number of carbonyl (C=O) groups excluding carboxylic acids is 3. The summed E-state index contributed by atoms with van der Waals surface area (Å²) in [6.45, 7) is 16.3. The minimum absolute atomic E-state index is 0.00108. The molecule has 0 saturated heterocycles. The van der Waals surface area contributed by atoms with E-state index in [0.29, 0.717) is 48.7 Å². The molecule has 6 atom stereocenters. The van der Waals surface area contributed by atoms with Gasteiger partial charge in [0, 0.05) is 60.3 Å². The molecule has 5 aliphatic carbocycles. The van der Waals surface area contributed by atoms with E-state index in [-0.39, 0.29) is 39.1 Å². The van der Waals surface area contributed by atoms with E-state index in [0.717, 1.165) is 78.7 Å². The lowest BCUT2D eigenvalue weighted by atomic mass is 9.34. The van der Waals surface area contributed by atoms with E-state index in [2.05, 4.69) is 58.2 Å². The average Bonchev–Trinajstić information content (AvgIpc) is 3.11. The minimum atomic E-state index is -0.391. The molecule has 0 aromatic heterocycles. The summed E-state index contributed by atoms with van der Waals surface area (Å²) in [6, 6.07) is 4.12. The van der Waals surface area contributed by atoms with Crippen molar-refractivity contribution in [2.75, 3.05) is 25.6 Å². The second kappa shape index (κ2) is 12.3. The number of allylic oxidation sites excluding steroid dienone is 7. The Balaban J connectivity index is 1.03. The molecule has 1 aromatic rings. The quantitative estimate of drug-likeness (QED) is 0.275. The third kappa shape index (κ3) is 5.30. The number of amides is 1. The van der Waals surface area contributed by atoms with Crippen LogP contribution in [0.25, 0.3) is 0 Å². The number of hydrogen-bond donors (Lipinski definition) is 2. The number of nitrogens with one attached hydrogen (secondary N) is 1. The Morgan fingerprint density at radius 1 is 1.00 bits per heavy atom.